The highest BCUT2D eigenvalue weighted by Crippen LogP contribution is 2.20. The molecule has 3 N–H and O–H groups in total. The first kappa shape index (κ1) is 20.0. The summed E-state index contributed by atoms with van der Waals surface area (Å²) in [5.74, 6) is -1.65. The Bertz CT molecular complexity index is 587. The molecule has 0 saturated carbocycles. The number of amides is 2. The maximum Gasteiger partial charge on any atom is 0.326 e. The Morgan fingerprint density at radius 3 is 2.17 bits per heavy atom. The number of rotatable bonds is 8. The molecule has 132 valence electrons. The van der Waals surface area contributed by atoms with Crippen molar-refractivity contribution in [3.8, 4) is 0 Å². The van der Waals surface area contributed by atoms with Gasteiger partial charge in [-0.2, -0.15) is 0 Å². The molecule has 0 spiro atoms. The predicted octanol–water partition coefficient (Wildman–Crippen LogP) is 2.52. The summed E-state index contributed by atoms with van der Waals surface area (Å²) in [5, 5.41) is 15.0. The Morgan fingerprint density at radius 1 is 1.12 bits per heavy atom. The fraction of sp³-hybridized carbons (Fsp3) is 0.471. The molecule has 24 heavy (non-hydrogen) atoms. The summed E-state index contributed by atoms with van der Waals surface area (Å²) >= 11 is 5.85. The van der Waals surface area contributed by atoms with E-state index in [1.165, 1.54) is 6.92 Å². The summed E-state index contributed by atoms with van der Waals surface area (Å²) in [4.78, 5) is 34.9. The van der Waals surface area contributed by atoms with E-state index >= 15 is 0 Å². The van der Waals surface area contributed by atoms with Gasteiger partial charge in [0.05, 0.1) is 12.5 Å². The number of carbonyl (C=O) groups is 3. The fourth-order valence-electron chi connectivity index (χ4n) is 2.32. The number of carboxylic acids is 1. The predicted molar refractivity (Wildman–Crippen MR) is 91.6 cm³/mol. The molecule has 0 saturated heterocycles. The Balaban J connectivity index is 2.81. The van der Waals surface area contributed by atoms with Crippen molar-refractivity contribution in [2.45, 2.75) is 45.7 Å². The second-order valence-corrected chi connectivity index (χ2v) is 6.53. The largest absolute Gasteiger partial charge is 0.480 e. The van der Waals surface area contributed by atoms with Crippen LogP contribution in [0.1, 0.15) is 45.2 Å². The number of carboxylic acid groups (broad SMARTS) is 1. The average molecular weight is 355 g/mol. The first-order valence-electron chi connectivity index (χ1n) is 7.73. The molecule has 2 atom stereocenters. The van der Waals surface area contributed by atoms with E-state index in [1.54, 1.807) is 24.3 Å². The minimum atomic E-state index is -1.07. The lowest BCUT2D eigenvalue weighted by Gasteiger charge is -2.21. The molecule has 1 aromatic carbocycles. The van der Waals surface area contributed by atoms with Crippen molar-refractivity contribution in [3.05, 3.63) is 34.9 Å². The molecule has 0 aliphatic heterocycles. The van der Waals surface area contributed by atoms with Crippen LogP contribution in [0.2, 0.25) is 5.02 Å². The maximum atomic E-state index is 12.2. The van der Waals surface area contributed by atoms with Gasteiger partial charge in [-0.25, -0.2) is 4.79 Å². The molecular formula is C17H23ClN2O4. The van der Waals surface area contributed by atoms with Crippen LogP contribution < -0.4 is 10.6 Å². The molecule has 0 aliphatic rings. The van der Waals surface area contributed by atoms with Gasteiger partial charge < -0.3 is 15.7 Å². The van der Waals surface area contributed by atoms with Gasteiger partial charge >= 0.3 is 5.97 Å². The van der Waals surface area contributed by atoms with Crippen LogP contribution in [-0.4, -0.2) is 28.9 Å². The van der Waals surface area contributed by atoms with Gasteiger partial charge in [-0.1, -0.05) is 37.6 Å². The minimum absolute atomic E-state index is 0.0525. The number of benzene rings is 1. The van der Waals surface area contributed by atoms with Crippen molar-refractivity contribution in [1.29, 1.82) is 0 Å². The first-order chi connectivity index (χ1) is 11.2. The molecule has 1 unspecified atom stereocenters. The number of carbonyl (C=O) groups excluding carboxylic acids is 2. The van der Waals surface area contributed by atoms with E-state index in [-0.39, 0.29) is 18.2 Å². The highest BCUT2D eigenvalue weighted by Gasteiger charge is 2.23. The molecule has 1 rings (SSSR count). The third-order valence-corrected chi connectivity index (χ3v) is 3.63. The lowest BCUT2D eigenvalue weighted by atomic mass is 10.0. The number of hydrogen-bond donors (Lipinski definition) is 3. The van der Waals surface area contributed by atoms with Crippen LogP contribution >= 0.6 is 11.6 Å². The first-order valence-corrected chi connectivity index (χ1v) is 8.11. The van der Waals surface area contributed by atoms with Crippen molar-refractivity contribution in [2.24, 2.45) is 5.92 Å². The smallest absolute Gasteiger partial charge is 0.326 e. The number of halogens is 1. The molecule has 0 aliphatic carbocycles. The van der Waals surface area contributed by atoms with Crippen molar-refractivity contribution in [3.63, 3.8) is 0 Å². The zero-order chi connectivity index (χ0) is 18.3. The van der Waals surface area contributed by atoms with E-state index in [9.17, 15) is 19.5 Å². The van der Waals surface area contributed by atoms with Gasteiger partial charge in [0.2, 0.25) is 11.8 Å². The van der Waals surface area contributed by atoms with Gasteiger partial charge in [0.15, 0.2) is 0 Å². The minimum Gasteiger partial charge on any atom is -0.480 e. The Kier molecular flexibility index (Phi) is 7.71. The Labute approximate surface area is 146 Å². The van der Waals surface area contributed by atoms with Crippen molar-refractivity contribution < 1.29 is 19.5 Å². The SMILES string of the molecule is CC(=O)NC(CC(=O)N[C@H](CC(C)C)C(=O)O)c1ccc(Cl)cc1. The Hall–Kier alpha value is -2.08. The van der Waals surface area contributed by atoms with Crippen molar-refractivity contribution >= 4 is 29.4 Å². The van der Waals surface area contributed by atoms with E-state index in [2.05, 4.69) is 10.6 Å². The van der Waals surface area contributed by atoms with Crippen LogP contribution in [0.4, 0.5) is 0 Å². The molecule has 0 fully saturated rings. The molecule has 0 aromatic heterocycles. The lowest BCUT2D eigenvalue weighted by Crippen LogP contribution is -2.43. The third-order valence-electron chi connectivity index (χ3n) is 3.38. The van der Waals surface area contributed by atoms with Gasteiger partial charge in [-0.3, -0.25) is 9.59 Å². The zero-order valence-electron chi connectivity index (χ0n) is 14.0. The molecule has 0 bridgehead atoms. The number of hydrogen-bond acceptors (Lipinski definition) is 3. The van der Waals surface area contributed by atoms with E-state index in [4.69, 9.17) is 11.6 Å². The normalized spacial score (nSPS) is 13.2. The van der Waals surface area contributed by atoms with Crippen LogP contribution in [0.15, 0.2) is 24.3 Å². The zero-order valence-corrected chi connectivity index (χ0v) is 14.8. The number of nitrogens with one attached hydrogen (secondary N) is 2. The molecular weight excluding hydrogens is 332 g/mol. The fourth-order valence-corrected chi connectivity index (χ4v) is 2.45. The molecule has 0 radical (unpaired) electrons. The van der Waals surface area contributed by atoms with Gasteiger partial charge in [0, 0.05) is 11.9 Å². The van der Waals surface area contributed by atoms with Crippen LogP contribution in [0.3, 0.4) is 0 Å². The summed E-state index contributed by atoms with van der Waals surface area (Å²) in [6.07, 6.45) is 0.288. The van der Waals surface area contributed by atoms with Crippen LogP contribution in [0.25, 0.3) is 0 Å². The molecule has 7 heteroatoms. The van der Waals surface area contributed by atoms with E-state index in [0.717, 1.165) is 5.56 Å². The van der Waals surface area contributed by atoms with Crippen LogP contribution in [-0.2, 0) is 14.4 Å². The van der Waals surface area contributed by atoms with Gasteiger partial charge in [-0.15, -0.1) is 0 Å². The molecule has 1 aromatic rings. The van der Waals surface area contributed by atoms with Gasteiger partial charge in [0.1, 0.15) is 6.04 Å². The quantitative estimate of drug-likeness (QED) is 0.668. The molecule has 0 heterocycles. The van der Waals surface area contributed by atoms with Crippen LogP contribution in [0.5, 0.6) is 0 Å². The summed E-state index contributed by atoms with van der Waals surface area (Å²) < 4.78 is 0. The maximum absolute atomic E-state index is 12.2. The third kappa shape index (κ3) is 7.00. The topological polar surface area (TPSA) is 95.5 Å². The van der Waals surface area contributed by atoms with Crippen molar-refractivity contribution in [1.82, 2.24) is 10.6 Å². The summed E-state index contributed by atoms with van der Waals surface area (Å²) in [6.45, 7) is 5.13. The standard InChI is InChI=1S/C17H23ClN2O4/c1-10(2)8-15(17(23)24)20-16(22)9-14(19-11(3)21)12-4-6-13(18)7-5-12/h4-7,10,14-15H,8-9H2,1-3H3,(H,19,21)(H,20,22)(H,23,24)/t14?,15-/m1/s1. The Morgan fingerprint density at radius 2 is 1.71 bits per heavy atom. The summed E-state index contributed by atoms with van der Waals surface area (Å²) in [7, 11) is 0. The second kappa shape index (κ2) is 9.27. The van der Waals surface area contributed by atoms with Gasteiger partial charge in [-0.05, 0) is 30.0 Å². The highest BCUT2D eigenvalue weighted by atomic mass is 35.5. The van der Waals surface area contributed by atoms with E-state index < -0.39 is 24.0 Å². The van der Waals surface area contributed by atoms with Crippen molar-refractivity contribution in [2.75, 3.05) is 0 Å². The summed E-state index contributed by atoms with van der Waals surface area (Å²) in [6, 6.07) is 5.29. The lowest BCUT2D eigenvalue weighted by molar-refractivity contribution is -0.142. The van der Waals surface area contributed by atoms with E-state index in [0.29, 0.717) is 11.4 Å². The monoisotopic (exact) mass is 354 g/mol. The number of aliphatic carboxylic acids is 1. The van der Waals surface area contributed by atoms with Gasteiger partial charge in [0.25, 0.3) is 0 Å². The highest BCUT2D eigenvalue weighted by molar-refractivity contribution is 6.30. The van der Waals surface area contributed by atoms with E-state index in [1.807, 2.05) is 13.8 Å². The molecule has 2 amide bonds. The molecule has 6 nitrogen and oxygen atoms in total. The second-order valence-electron chi connectivity index (χ2n) is 6.10. The van der Waals surface area contributed by atoms with Crippen LogP contribution in [0, 0.1) is 5.92 Å². The summed E-state index contributed by atoms with van der Waals surface area (Å²) in [5.41, 5.74) is 0.723. The average Bonchev–Trinajstić information content (AvgIpc) is 2.45.